The molecule has 150 valence electrons. The molecule has 0 aliphatic rings. The van der Waals surface area contributed by atoms with Gasteiger partial charge in [0.05, 0.1) is 26.2 Å². The van der Waals surface area contributed by atoms with Gasteiger partial charge in [-0.15, -0.1) is 0 Å². The fraction of sp³-hybridized carbons (Fsp3) is 0.476. The first kappa shape index (κ1) is 21.9. The lowest BCUT2D eigenvalue weighted by molar-refractivity contribution is -0.896. The minimum atomic E-state index is 0.609. The molecule has 2 rings (SSSR count). The Morgan fingerprint density at radius 3 is 2.64 bits per heavy atom. The van der Waals surface area contributed by atoms with Crippen LogP contribution in [0, 0.1) is 18.3 Å². The van der Waals surface area contributed by atoms with Crippen LogP contribution in [0.2, 0.25) is 0 Å². The van der Waals surface area contributed by atoms with Crippen molar-refractivity contribution in [2.24, 2.45) is 0 Å². The van der Waals surface area contributed by atoms with Crippen molar-refractivity contribution < 1.29 is 9.88 Å². The van der Waals surface area contributed by atoms with Crippen molar-refractivity contribution in [3.8, 4) is 6.07 Å². The minimum absolute atomic E-state index is 0.609. The third kappa shape index (κ3) is 6.32. The second kappa shape index (κ2) is 11.4. The molecule has 0 unspecified atom stereocenters. The summed E-state index contributed by atoms with van der Waals surface area (Å²) in [6.07, 6.45) is 1.11. The summed E-state index contributed by atoms with van der Waals surface area (Å²) in [6, 6.07) is 10.2. The Labute approximate surface area is 173 Å². The van der Waals surface area contributed by atoms with Gasteiger partial charge in [0.15, 0.2) is 5.11 Å². The summed E-state index contributed by atoms with van der Waals surface area (Å²) in [4.78, 5) is 4.97. The van der Waals surface area contributed by atoms with E-state index < -0.39 is 0 Å². The number of nitrogens with one attached hydrogen (secondary N) is 5. The fourth-order valence-corrected chi connectivity index (χ4v) is 3.40. The van der Waals surface area contributed by atoms with Crippen LogP contribution in [0.5, 0.6) is 0 Å². The molecule has 5 N–H and O–H groups in total. The molecular weight excluding hydrogens is 368 g/mol. The zero-order valence-corrected chi connectivity index (χ0v) is 17.9. The van der Waals surface area contributed by atoms with Gasteiger partial charge < -0.3 is 15.5 Å². The van der Waals surface area contributed by atoms with Crippen LogP contribution >= 0.6 is 12.2 Å². The molecule has 0 spiro atoms. The van der Waals surface area contributed by atoms with Crippen molar-refractivity contribution in [3.63, 3.8) is 0 Å². The van der Waals surface area contributed by atoms with Crippen LogP contribution in [-0.4, -0.2) is 44.4 Å². The van der Waals surface area contributed by atoms with E-state index in [1.54, 1.807) is 4.90 Å². The molecule has 0 aliphatic heterocycles. The van der Waals surface area contributed by atoms with Gasteiger partial charge in [0, 0.05) is 18.4 Å². The van der Waals surface area contributed by atoms with Crippen LogP contribution in [0.1, 0.15) is 31.4 Å². The maximum absolute atomic E-state index is 9.43. The highest BCUT2D eigenvalue weighted by atomic mass is 32.1. The molecule has 0 saturated heterocycles. The lowest BCUT2D eigenvalue weighted by Gasteiger charge is -2.15. The smallest absolute Gasteiger partial charge is 0.290 e. The van der Waals surface area contributed by atoms with E-state index in [4.69, 9.17) is 12.2 Å². The van der Waals surface area contributed by atoms with Crippen molar-refractivity contribution in [2.45, 2.75) is 27.2 Å². The van der Waals surface area contributed by atoms with Crippen molar-refractivity contribution in [3.05, 3.63) is 35.4 Å². The van der Waals surface area contributed by atoms with Crippen LogP contribution in [0.4, 0.5) is 5.82 Å². The normalized spacial score (nSPS) is 10.7. The lowest BCUT2D eigenvalue weighted by atomic mass is 10.1. The zero-order chi connectivity index (χ0) is 20.4. The summed E-state index contributed by atoms with van der Waals surface area (Å²) in [5.41, 5.74) is 2.81. The molecule has 2 aromatic rings. The largest absolute Gasteiger partial charge is 0.363 e. The summed E-state index contributed by atoms with van der Waals surface area (Å²) in [6.45, 7) is 12.2. The minimum Gasteiger partial charge on any atom is -0.363 e. The maximum Gasteiger partial charge on any atom is 0.290 e. The first-order chi connectivity index (χ1) is 13.6. The number of benzene rings is 1. The van der Waals surface area contributed by atoms with Gasteiger partial charge in [-0.2, -0.15) is 5.26 Å². The Morgan fingerprint density at radius 2 is 1.93 bits per heavy atom. The monoisotopic (exact) mass is 400 g/mol. The van der Waals surface area contributed by atoms with Gasteiger partial charge in [0.1, 0.15) is 23.7 Å². The molecule has 7 heteroatoms. The van der Waals surface area contributed by atoms with Gasteiger partial charge in [-0.05, 0) is 44.6 Å². The van der Waals surface area contributed by atoms with Crippen molar-refractivity contribution in [1.29, 1.82) is 5.26 Å². The van der Waals surface area contributed by atoms with Gasteiger partial charge in [-0.3, -0.25) is 5.32 Å². The summed E-state index contributed by atoms with van der Waals surface area (Å²) >= 11 is 5.33. The average Bonchev–Trinajstić information content (AvgIpc) is 2.71. The van der Waals surface area contributed by atoms with E-state index in [-0.39, 0.29) is 0 Å². The van der Waals surface area contributed by atoms with Crippen LogP contribution in [0.15, 0.2) is 24.3 Å². The number of aromatic nitrogens is 1. The van der Waals surface area contributed by atoms with E-state index in [2.05, 4.69) is 53.8 Å². The van der Waals surface area contributed by atoms with E-state index in [9.17, 15) is 5.26 Å². The predicted octanol–water partition coefficient (Wildman–Crippen LogP) is 1.02. The molecule has 0 radical (unpaired) electrons. The van der Waals surface area contributed by atoms with E-state index in [1.165, 1.54) is 19.6 Å². The molecule has 28 heavy (non-hydrogen) atoms. The number of rotatable bonds is 10. The number of fused-ring (bicyclic) bond motifs is 1. The van der Waals surface area contributed by atoms with Crippen molar-refractivity contribution >= 4 is 34.1 Å². The Hall–Kier alpha value is -2.43. The van der Waals surface area contributed by atoms with Crippen LogP contribution in [-0.2, 0) is 0 Å². The SMILES string of the molecule is CC[NH+](CC)CCCNC(=S)NCCNc1[nH+]c2c(C)cccc2cc1C#N. The number of para-hydroxylation sites is 1. The predicted molar refractivity (Wildman–Crippen MR) is 119 cm³/mol. The number of aryl methyl sites for hydroxylation is 1. The van der Waals surface area contributed by atoms with E-state index in [0.717, 1.165) is 35.2 Å². The van der Waals surface area contributed by atoms with Crippen LogP contribution < -0.4 is 25.8 Å². The van der Waals surface area contributed by atoms with E-state index in [0.29, 0.717) is 23.8 Å². The quantitative estimate of drug-likeness (QED) is 0.354. The lowest BCUT2D eigenvalue weighted by Crippen LogP contribution is -3.11. The number of nitriles is 1. The maximum atomic E-state index is 9.43. The highest BCUT2D eigenvalue weighted by molar-refractivity contribution is 7.80. The second-order valence-electron chi connectivity index (χ2n) is 6.88. The molecule has 6 nitrogen and oxygen atoms in total. The first-order valence-corrected chi connectivity index (χ1v) is 10.4. The number of aromatic amines is 1. The standard InChI is InChI=1S/C21H30N6S/c1-4-27(5-2)13-7-10-24-21(28)25-12-11-23-20-18(15-22)14-17-9-6-8-16(3)19(17)26-20/h6,8-9,14H,4-5,7,10-13H2,1-3H3,(H,23,26)(H2,24,25,28)/p+2. The van der Waals surface area contributed by atoms with E-state index in [1.807, 2.05) is 18.2 Å². The Balaban J connectivity index is 1.76. The van der Waals surface area contributed by atoms with Gasteiger partial charge in [-0.1, -0.05) is 18.2 Å². The number of nitrogens with zero attached hydrogens (tertiary/aromatic N) is 1. The number of hydrogen-bond acceptors (Lipinski definition) is 3. The highest BCUT2D eigenvalue weighted by Crippen LogP contribution is 2.18. The summed E-state index contributed by atoms with van der Waals surface area (Å²) in [7, 11) is 0. The topological polar surface area (TPSA) is 78.5 Å². The molecule has 0 saturated carbocycles. The molecular formula is C21H32N6S+2. The molecule has 1 heterocycles. The molecule has 0 aliphatic carbocycles. The van der Waals surface area contributed by atoms with Crippen molar-refractivity contribution in [2.75, 3.05) is 44.6 Å². The number of thiocarbonyl (C=S) groups is 1. The van der Waals surface area contributed by atoms with Gasteiger partial charge in [0.25, 0.3) is 5.82 Å². The van der Waals surface area contributed by atoms with Gasteiger partial charge >= 0.3 is 0 Å². The number of quaternary nitrogens is 1. The molecule has 0 bridgehead atoms. The third-order valence-corrected chi connectivity index (χ3v) is 5.24. The summed E-state index contributed by atoms with van der Waals surface area (Å²) < 4.78 is 0. The number of pyridine rings is 1. The first-order valence-electron chi connectivity index (χ1n) is 10.0. The third-order valence-electron chi connectivity index (χ3n) is 4.95. The molecule has 1 aromatic heterocycles. The fourth-order valence-electron chi connectivity index (χ4n) is 3.20. The van der Waals surface area contributed by atoms with Crippen LogP contribution in [0.25, 0.3) is 10.9 Å². The van der Waals surface area contributed by atoms with Gasteiger partial charge in [-0.25, -0.2) is 4.98 Å². The average molecular weight is 401 g/mol. The van der Waals surface area contributed by atoms with Crippen LogP contribution in [0.3, 0.4) is 0 Å². The summed E-state index contributed by atoms with van der Waals surface area (Å²) in [5, 5.41) is 20.9. The number of H-pyrrole nitrogens is 1. The summed E-state index contributed by atoms with van der Waals surface area (Å²) in [5.74, 6) is 0.743. The Bertz CT molecular complexity index is 825. The number of anilines is 1. The van der Waals surface area contributed by atoms with Gasteiger partial charge in [0.2, 0.25) is 0 Å². The second-order valence-corrected chi connectivity index (χ2v) is 7.29. The number of hydrogen-bond donors (Lipinski definition) is 4. The Morgan fingerprint density at radius 1 is 1.18 bits per heavy atom. The highest BCUT2D eigenvalue weighted by Gasteiger charge is 2.13. The molecule has 1 aromatic carbocycles. The molecule has 0 amide bonds. The molecule has 0 fully saturated rings. The molecule has 0 atom stereocenters. The van der Waals surface area contributed by atoms with E-state index >= 15 is 0 Å². The Kier molecular flexibility index (Phi) is 8.92. The van der Waals surface area contributed by atoms with Crippen molar-refractivity contribution in [1.82, 2.24) is 10.6 Å². The zero-order valence-electron chi connectivity index (χ0n) is 17.1.